The molecule has 0 saturated heterocycles. The molecule has 178 valence electrons. The van der Waals surface area contributed by atoms with E-state index in [-0.39, 0.29) is 90.4 Å². The van der Waals surface area contributed by atoms with E-state index in [1.54, 1.807) is 12.1 Å². The maximum absolute atomic E-state index is 9.31. The SMILES string of the molecule is [2H]c1c([2H])c([2H])c2c(c1[2H])c1c([2H])c([2H])c3cc1n2c1cc(c([2H])c(I)c1[2H])n1c2cc(o3)c([2H])c([2H])c2[Si](C)(C)c2ccccc2-1. The largest absolute Gasteiger partial charge is 0.457 e. The van der Waals surface area contributed by atoms with Gasteiger partial charge in [-0.05, 0) is 81.4 Å². The van der Waals surface area contributed by atoms with Crippen LogP contribution in [0.1, 0.15) is 13.7 Å². The number of hydrogen-bond donors (Lipinski definition) is 0. The van der Waals surface area contributed by atoms with Crippen molar-refractivity contribution in [2.45, 2.75) is 13.1 Å². The summed E-state index contributed by atoms with van der Waals surface area (Å²) < 4.78 is 99.4. The second kappa shape index (κ2) is 7.49. The van der Waals surface area contributed by atoms with E-state index in [4.69, 9.17) is 14.0 Å². The Balaban J connectivity index is 1.84. The van der Waals surface area contributed by atoms with E-state index < -0.39 is 20.2 Å². The van der Waals surface area contributed by atoms with Crippen LogP contribution in [0.2, 0.25) is 13.1 Å². The predicted molar refractivity (Wildman–Crippen MR) is 166 cm³/mol. The van der Waals surface area contributed by atoms with Gasteiger partial charge in [0.1, 0.15) is 19.2 Å². The Morgan fingerprint density at radius 3 is 2.38 bits per heavy atom. The summed E-state index contributed by atoms with van der Waals surface area (Å²) in [6.45, 7) is 4.22. The Hall–Kier alpha value is -3.55. The smallest absolute Gasteiger partial charge is 0.129 e. The van der Waals surface area contributed by atoms with Crippen LogP contribution in [0.3, 0.4) is 0 Å². The fourth-order valence-electron chi connectivity index (χ4n) is 5.53. The Kier molecular flexibility index (Phi) is 2.80. The van der Waals surface area contributed by atoms with E-state index in [1.807, 2.05) is 51.4 Å². The zero-order valence-electron chi connectivity index (χ0n) is 29.7. The number of fused-ring (bicyclic) bond motifs is 11. The van der Waals surface area contributed by atoms with Crippen LogP contribution in [0, 0.1) is 3.57 Å². The monoisotopic (exact) mass is 616 g/mol. The van der Waals surface area contributed by atoms with Crippen LogP contribution < -0.4 is 10.4 Å². The minimum Gasteiger partial charge on any atom is -0.457 e. The van der Waals surface area contributed by atoms with Crippen molar-refractivity contribution in [1.29, 1.82) is 0 Å². The number of nitrogens with zero attached hydrogens (tertiary/aromatic N) is 2. The summed E-state index contributed by atoms with van der Waals surface area (Å²) in [4.78, 5) is 0. The molecule has 1 aliphatic heterocycles. The molecular formula is C32H23IN2OSi. The van der Waals surface area contributed by atoms with Crippen LogP contribution in [0.4, 0.5) is 0 Å². The normalized spacial score (nSPS) is 17.8. The van der Waals surface area contributed by atoms with Crippen molar-refractivity contribution in [3.8, 4) is 5.69 Å². The summed E-state index contributed by atoms with van der Waals surface area (Å²) in [5, 5.41) is 1.78. The van der Waals surface area contributed by atoms with Crippen LogP contribution in [-0.2, 0) is 0 Å². The molecule has 3 heterocycles. The lowest BCUT2D eigenvalue weighted by Crippen LogP contribution is -2.57. The molecule has 3 nitrogen and oxygen atoms in total. The van der Waals surface area contributed by atoms with Gasteiger partial charge < -0.3 is 13.4 Å². The molecule has 0 N–H and O–H groups in total. The third kappa shape index (κ3) is 2.98. The second-order valence-electron chi connectivity index (χ2n) is 9.66. The first-order chi connectivity index (χ1) is 22.2. The molecule has 0 amide bonds. The first kappa shape index (κ1) is 13.8. The Morgan fingerprint density at radius 1 is 0.757 bits per heavy atom. The number of para-hydroxylation sites is 2. The predicted octanol–water partition coefficient (Wildman–Crippen LogP) is 7.80. The zero-order valence-corrected chi connectivity index (χ0v) is 22.9. The molecule has 5 heteroatoms. The van der Waals surface area contributed by atoms with Gasteiger partial charge >= 0.3 is 0 Å². The highest BCUT2D eigenvalue weighted by molar-refractivity contribution is 14.1. The summed E-state index contributed by atoms with van der Waals surface area (Å²) in [5.74, 6) is 0. The van der Waals surface area contributed by atoms with Crippen molar-refractivity contribution in [2.24, 2.45) is 0 Å². The molecule has 5 aromatic carbocycles. The summed E-state index contributed by atoms with van der Waals surface area (Å²) in [6, 6.07) is 9.86. The number of benzene rings is 5. The van der Waals surface area contributed by atoms with E-state index in [0.29, 0.717) is 16.2 Å². The van der Waals surface area contributed by atoms with Crippen molar-refractivity contribution in [3.05, 3.63) is 106 Å². The summed E-state index contributed by atoms with van der Waals surface area (Å²) in [6.07, 6.45) is 0. The van der Waals surface area contributed by atoms with Crippen molar-refractivity contribution in [1.82, 2.24) is 8.97 Å². The molecule has 0 radical (unpaired) electrons. The van der Waals surface area contributed by atoms with Gasteiger partial charge in [-0.3, -0.25) is 0 Å². The van der Waals surface area contributed by atoms with Crippen molar-refractivity contribution in [3.63, 3.8) is 0 Å². The summed E-state index contributed by atoms with van der Waals surface area (Å²) in [7, 11) is -2.61. The van der Waals surface area contributed by atoms with E-state index in [2.05, 4.69) is 13.1 Å². The van der Waals surface area contributed by atoms with Gasteiger partial charge in [0, 0.05) is 48.7 Å². The summed E-state index contributed by atoms with van der Waals surface area (Å²) >= 11 is 1.95. The van der Waals surface area contributed by atoms with Gasteiger partial charge in [-0.2, -0.15) is 0 Å². The lowest BCUT2D eigenvalue weighted by molar-refractivity contribution is 0.656. The zero-order chi connectivity index (χ0) is 33.6. The molecule has 0 saturated carbocycles. The average Bonchev–Trinajstić information content (AvgIpc) is 3.37. The minimum atomic E-state index is -2.61. The molecule has 0 spiro atoms. The number of aromatic nitrogens is 2. The minimum absolute atomic E-state index is 0.0128. The third-order valence-electron chi connectivity index (χ3n) is 7.19. The topological polar surface area (TPSA) is 22.5 Å². The highest BCUT2D eigenvalue weighted by Crippen LogP contribution is 2.32. The highest BCUT2D eigenvalue weighted by Gasteiger charge is 2.34. The quantitative estimate of drug-likeness (QED) is 0.126. The van der Waals surface area contributed by atoms with E-state index >= 15 is 0 Å². The standard InChI is InChI=1S/C32H23IN2OSi/c1-37(2)31-10-6-5-9-28(31)35-22-16-20(33)15-21(17-22)34-27-8-4-3-7-25(27)26-13-11-23(18-29(26)34)36-24-12-14-32(37)30(35)19-24/h3-19H,1-2H3/i3D,4D,7D,8D,11D,12D,13D,14D,15D,16D. The molecule has 8 rings (SSSR count). The van der Waals surface area contributed by atoms with Crippen LogP contribution in [-0.4, -0.2) is 17.0 Å². The number of halogens is 1. The van der Waals surface area contributed by atoms with Crippen LogP contribution in [0.15, 0.2) is 107 Å². The maximum atomic E-state index is 9.31. The summed E-state index contributed by atoms with van der Waals surface area (Å²) in [5.41, 5.74) is 2.01. The molecule has 1 aliphatic rings. The van der Waals surface area contributed by atoms with E-state index in [1.165, 1.54) is 10.5 Å². The van der Waals surface area contributed by atoms with Crippen molar-refractivity contribution >= 4 is 90.6 Å². The van der Waals surface area contributed by atoms with Crippen LogP contribution in [0.25, 0.3) is 55.2 Å². The first-order valence-corrected chi connectivity index (χ1v) is 15.8. The molecule has 0 unspecified atom stereocenters. The molecule has 0 aliphatic carbocycles. The Labute approximate surface area is 242 Å². The van der Waals surface area contributed by atoms with Gasteiger partial charge in [-0.1, -0.05) is 55.5 Å². The molecule has 37 heavy (non-hydrogen) atoms. The first-order valence-electron chi connectivity index (χ1n) is 16.7. The molecular weight excluding hydrogens is 583 g/mol. The van der Waals surface area contributed by atoms with Gasteiger partial charge in [-0.25, -0.2) is 0 Å². The Bertz CT molecular complexity index is 2690. The fourth-order valence-corrected chi connectivity index (χ4v) is 8.90. The fraction of sp³-hybridized carbons (Fsp3) is 0.0625. The van der Waals surface area contributed by atoms with Gasteiger partial charge in [0.05, 0.1) is 24.7 Å². The van der Waals surface area contributed by atoms with Gasteiger partial charge in [0.2, 0.25) is 0 Å². The van der Waals surface area contributed by atoms with Gasteiger partial charge in [0.25, 0.3) is 0 Å². The molecule has 0 atom stereocenters. The Morgan fingerprint density at radius 2 is 1.49 bits per heavy atom. The maximum Gasteiger partial charge on any atom is 0.129 e. The van der Waals surface area contributed by atoms with Crippen LogP contribution >= 0.6 is 22.6 Å². The number of hydrogen-bond acceptors (Lipinski definition) is 1. The van der Waals surface area contributed by atoms with E-state index in [9.17, 15) is 4.11 Å². The molecule has 7 aromatic rings. The van der Waals surface area contributed by atoms with E-state index in [0.717, 1.165) is 10.9 Å². The number of rotatable bonds is 0. The van der Waals surface area contributed by atoms with Crippen molar-refractivity contribution < 1.29 is 18.1 Å². The van der Waals surface area contributed by atoms with Crippen LogP contribution in [0.5, 0.6) is 0 Å². The van der Waals surface area contributed by atoms with Crippen molar-refractivity contribution in [2.75, 3.05) is 0 Å². The average molecular weight is 617 g/mol. The third-order valence-corrected chi connectivity index (χ3v) is 11.1. The second-order valence-corrected chi connectivity index (χ2v) is 15.0. The molecule has 2 aromatic heterocycles. The molecule has 0 fully saturated rings. The highest BCUT2D eigenvalue weighted by atomic mass is 127. The lowest BCUT2D eigenvalue weighted by atomic mass is 10.1. The van der Waals surface area contributed by atoms with Gasteiger partial charge in [-0.15, -0.1) is 0 Å². The van der Waals surface area contributed by atoms with Gasteiger partial charge in [0.15, 0.2) is 0 Å². The molecule has 6 bridgehead atoms. The lowest BCUT2D eigenvalue weighted by Gasteiger charge is -2.34.